The molecule has 2 atom stereocenters. The molecule has 0 saturated carbocycles. The lowest BCUT2D eigenvalue weighted by Crippen LogP contribution is -2.39. The first-order valence-corrected chi connectivity index (χ1v) is 9.29. The summed E-state index contributed by atoms with van der Waals surface area (Å²) in [6, 6.07) is 8.40. The SMILES string of the molecule is O=S1(=O)C(Cc2ccccc2)CCC1S(=O)(=O)C(F)(F)F. The van der Waals surface area contributed by atoms with Gasteiger partial charge in [-0.15, -0.1) is 0 Å². The molecule has 0 aliphatic carbocycles. The Kier molecular flexibility index (Phi) is 4.09. The van der Waals surface area contributed by atoms with Gasteiger partial charge in [-0.05, 0) is 24.8 Å². The Morgan fingerprint density at radius 1 is 1.10 bits per heavy atom. The molecule has 1 saturated heterocycles. The summed E-state index contributed by atoms with van der Waals surface area (Å²) < 4.78 is 82.2. The van der Waals surface area contributed by atoms with Crippen molar-refractivity contribution >= 4 is 19.7 Å². The molecule has 2 unspecified atom stereocenters. The van der Waals surface area contributed by atoms with Crippen molar-refractivity contribution in [3.8, 4) is 0 Å². The molecule has 9 heteroatoms. The van der Waals surface area contributed by atoms with Crippen LogP contribution in [0.3, 0.4) is 0 Å². The van der Waals surface area contributed by atoms with Gasteiger partial charge in [0.2, 0.25) is 0 Å². The average molecular weight is 342 g/mol. The van der Waals surface area contributed by atoms with Crippen molar-refractivity contribution < 1.29 is 30.0 Å². The van der Waals surface area contributed by atoms with Gasteiger partial charge in [-0.1, -0.05) is 30.3 Å². The molecule has 21 heavy (non-hydrogen) atoms. The number of sulfone groups is 2. The summed E-state index contributed by atoms with van der Waals surface area (Å²) in [4.78, 5) is 0. The lowest BCUT2D eigenvalue weighted by Gasteiger charge is -2.16. The second kappa shape index (κ2) is 5.28. The molecule has 1 aliphatic rings. The molecule has 2 rings (SSSR count). The highest BCUT2D eigenvalue weighted by molar-refractivity contribution is 8.10. The normalized spacial score (nSPS) is 25.9. The first-order chi connectivity index (χ1) is 9.57. The Labute approximate surface area is 120 Å². The van der Waals surface area contributed by atoms with Gasteiger partial charge in [-0.2, -0.15) is 13.2 Å². The summed E-state index contributed by atoms with van der Waals surface area (Å²) in [5.41, 5.74) is -4.90. The molecule has 4 nitrogen and oxygen atoms in total. The number of halogens is 3. The van der Waals surface area contributed by atoms with Crippen LogP contribution in [0.4, 0.5) is 13.2 Å². The Balaban J connectivity index is 2.29. The van der Waals surface area contributed by atoms with Crippen LogP contribution in [0.15, 0.2) is 30.3 Å². The number of hydrogen-bond donors (Lipinski definition) is 0. The van der Waals surface area contributed by atoms with Gasteiger partial charge in [0.15, 0.2) is 14.4 Å². The van der Waals surface area contributed by atoms with E-state index in [0.29, 0.717) is 5.56 Å². The van der Waals surface area contributed by atoms with Crippen LogP contribution in [0, 0.1) is 0 Å². The van der Waals surface area contributed by atoms with Gasteiger partial charge in [0.05, 0.1) is 5.25 Å². The van der Waals surface area contributed by atoms with E-state index in [0.717, 1.165) is 0 Å². The summed E-state index contributed by atoms with van der Waals surface area (Å²) in [5.74, 6) is 0. The van der Waals surface area contributed by atoms with Crippen molar-refractivity contribution in [1.82, 2.24) is 0 Å². The van der Waals surface area contributed by atoms with Gasteiger partial charge < -0.3 is 0 Å². The molecule has 0 bridgehead atoms. The van der Waals surface area contributed by atoms with Crippen LogP contribution in [-0.4, -0.2) is 32.2 Å². The number of hydrogen-bond acceptors (Lipinski definition) is 4. The molecule has 1 fully saturated rings. The first-order valence-electron chi connectivity index (χ1n) is 6.13. The Morgan fingerprint density at radius 2 is 1.67 bits per heavy atom. The standard InChI is InChI=1S/C12H13F3O4S2/c13-12(14,15)21(18,19)11-7-6-10(20(11,16)17)8-9-4-2-1-3-5-9/h1-5,10-11H,6-8H2. The van der Waals surface area contributed by atoms with Crippen molar-refractivity contribution in [2.24, 2.45) is 0 Å². The zero-order valence-corrected chi connectivity index (χ0v) is 12.4. The van der Waals surface area contributed by atoms with Crippen LogP contribution in [0.1, 0.15) is 18.4 Å². The Hall–Kier alpha value is -1.09. The minimum Gasteiger partial charge on any atom is -0.227 e. The quantitative estimate of drug-likeness (QED) is 0.843. The van der Waals surface area contributed by atoms with Crippen molar-refractivity contribution in [1.29, 1.82) is 0 Å². The topological polar surface area (TPSA) is 68.3 Å². The van der Waals surface area contributed by atoms with E-state index in [1.165, 1.54) is 0 Å². The Bertz CT molecular complexity index is 709. The van der Waals surface area contributed by atoms with Crippen LogP contribution in [0.2, 0.25) is 0 Å². The van der Waals surface area contributed by atoms with Crippen molar-refractivity contribution in [2.45, 2.75) is 34.6 Å². The third-order valence-electron chi connectivity index (χ3n) is 3.53. The lowest BCUT2D eigenvalue weighted by atomic mass is 10.1. The summed E-state index contributed by atoms with van der Waals surface area (Å²) in [6.07, 6.45) is -0.577. The molecule has 0 aromatic heterocycles. The molecular weight excluding hydrogens is 329 g/mol. The molecule has 1 aromatic rings. The fourth-order valence-corrected chi connectivity index (χ4v) is 7.18. The van der Waals surface area contributed by atoms with Crippen LogP contribution >= 0.6 is 0 Å². The third kappa shape index (κ3) is 2.94. The van der Waals surface area contributed by atoms with E-state index in [-0.39, 0.29) is 12.8 Å². The number of alkyl halides is 3. The predicted molar refractivity (Wildman–Crippen MR) is 70.9 cm³/mol. The minimum absolute atomic E-state index is 0.0209. The van der Waals surface area contributed by atoms with E-state index in [9.17, 15) is 30.0 Å². The zero-order chi connectivity index (χ0) is 15.9. The van der Waals surface area contributed by atoms with Crippen molar-refractivity contribution in [2.75, 3.05) is 0 Å². The monoisotopic (exact) mass is 342 g/mol. The maximum Gasteiger partial charge on any atom is 0.498 e. The summed E-state index contributed by atoms with van der Waals surface area (Å²) in [7, 11) is -10.1. The molecule has 118 valence electrons. The maximum atomic E-state index is 12.5. The first kappa shape index (κ1) is 16.3. The Morgan fingerprint density at radius 3 is 2.19 bits per heavy atom. The van der Waals surface area contributed by atoms with E-state index in [2.05, 4.69) is 0 Å². The van der Waals surface area contributed by atoms with Crippen molar-refractivity contribution in [3.63, 3.8) is 0 Å². The zero-order valence-electron chi connectivity index (χ0n) is 10.7. The van der Waals surface area contributed by atoms with Crippen LogP contribution in [0.5, 0.6) is 0 Å². The molecule has 0 N–H and O–H groups in total. The van der Waals surface area contributed by atoms with E-state index >= 15 is 0 Å². The molecule has 1 heterocycles. The lowest BCUT2D eigenvalue weighted by molar-refractivity contribution is -0.0438. The van der Waals surface area contributed by atoms with E-state index in [4.69, 9.17) is 0 Å². The van der Waals surface area contributed by atoms with Gasteiger partial charge >= 0.3 is 5.51 Å². The fraction of sp³-hybridized carbons (Fsp3) is 0.500. The van der Waals surface area contributed by atoms with Crippen molar-refractivity contribution in [3.05, 3.63) is 35.9 Å². The van der Waals surface area contributed by atoms with E-state index in [1.54, 1.807) is 30.3 Å². The minimum atomic E-state index is -5.70. The highest BCUT2D eigenvalue weighted by Gasteiger charge is 2.59. The van der Waals surface area contributed by atoms with Gasteiger partial charge in [0, 0.05) is 0 Å². The van der Waals surface area contributed by atoms with E-state index < -0.39 is 41.4 Å². The van der Waals surface area contributed by atoms with Crippen LogP contribution in [0.25, 0.3) is 0 Å². The summed E-state index contributed by atoms with van der Waals surface area (Å²) in [5, 5.41) is -1.10. The molecule has 0 spiro atoms. The highest BCUT2D eigenvalue weighted by atomic mass is 32.3. The van der Waals surface area contributed by atoms with Crippen LogP contribution in [-0.2, 0) is 26.1 Å². The molecular formula is C12H13F3O4S2. The van der Waals surface area contributed by atoms with Gasteiger partial charge in [-0.3, -0.25) is 0 Å². The van der Waals surface area contributed by atoms with Gasteiger partial charge in [0.25, 0.3) is 9.84 Å². The summed E-state index contributed by atoms with van der Waals surface area (Å²) >= 11 is 0. The van der Waals surface area contributed by atoms with E-state index in [1.807, 2.05) is 0 Å². The smallest absolute Gasteiger partial charge is 0.227 e. The molecule has 1 aliphatic heterocycles. The number of benzene rings is 1. The largest absolute Gasteiger partial charge is 0.498 e. The molecule has 1 aromatic carbocycles. The van der Waals surface area contributed by atoms with Crippen LogP contribution < -0.4 is 0 Å². The molecule has 0 amide bonds. The average Bonchev–Trinajstić information content (AvgIpc) is 2.65. The predicted octanol–water partition coefficient (Wildman–Crippen LogP) is 2.07. The second-order valence-electron chi connectivity index (χ2n) is 4.90. The summed E-state index contributed by atoms with van der Waals surface area (Å²) in [6.45, 7) is 0. The van der Waals surface area contributed by atoms with Gasteiger partial charge in [0.1, 0.15) is 0 Å². The third-order valence-corrected chi connectivity index (χ3v) is 8.97. The maximum absolute atomic E-state index is 12.5. The second-order valence-corrected chi connectivity index (χ2v) is 9.73. The van der Waals surface area contributed by atoms with Gasteiger partial charge in [-0.25, -0.2) is 16.8 Å². The molecule has 0 radical (unpaired) electrons. The highest BCUT2D eigenvalue weighted by Crippen LogP contribution is 2.39. The fourth-order valence-electron chi connectivity index (χ4n) is 2.44. The number of rotatable bonds is 3.